The molecule has 1 saturated heterocycles. The Morgan fingerprint density at radius 3 is 2.45 bits per heavy atom. The first-order valence-electron chi connectivity index (χ1n) is 6.70. The van der Waals surface area contributed by atoms with Crippen molar-refractivity contribution >= 4 is 5.97 Å². The Labute approximate surface area is 127 Å². The van der Waals surface area contributed by atoms with Crippen LogP contribution in [0.5, 0.6) is 0 Å². The lowest BCUT2D eigenvalue weighted by Crippen LogP contribution is -2.50. The SMILES string of the molecule is C=CCOC(=O)C(F)(F)C(O)C1COC(CC=C)(CC=C)O1. The van der Waals surface area contributed by atoms with Crippen molar-refractivity contribution in [3.8, 4) is 0 Å². The standard InChI is InChI=1S/C15H20F2O5/c1-4-7-14(8-5-2)21-10-11(22-14)12(18)15(16,17)13(19)20-9-6-3/h4-6,11-12,18H,1-3,7-10H2. The third-order valence-corrected chi connectivity index (χ3v) is 3.12. The van der Waals surface area contributed by atoms with Crippen LogP contribution in [0.25, 0.3) is 0 Å². The van der Waals surface area contributed by atoms with Crippen molar-refractivity contribution in [1.82, 2.24) is 0 Å². The van der Waals surface area contributed by atoms with Gasteiger partial charge in [0.15, 0.2) is 11.9 Å². The molecule has 5 nitrogen and oxygen atoms in total. The molecule has 0 aliphatic carbocycles. The van der Waals surface area contributed by atoms with Crippen LogP contribution in [0, 0.1) is 0 Å². The van der Waals surface area contributed by atoms with E-state index < -0.39 is 29.9 Å². The summed E-state index contributed by atoms with van der Waals surface area (Å²) in [6.45, 7) is 9.68. The number of alkyl halides is 2. The highest BCUT2D eigenvalue weighted by molar-refractivity contribution is 5.78. The molecule has 1 fully saturated rings. The molecule has 1 aliphatic rings. The minimum absolute atomic E-state index is 0.231. The van der Waals surface area contributed by atoms with E-state index in [-0.39, 0.29) is 26.1 Å². The Morgan fingerprint density at radius 2 is 1.95 bits per heavy atom. The average Bonchev–Trinajstić information content (AvgIpc) is 2.88. The lowest BCUT2D eigenvalue weighted by Gasteiger charge is -2.28. The van der Waals surface area contributed by atoms with Crippen LogP contribution in [0.4, 0.5) is 8.78 Å². The molecular formula is C15H20F2O5. The minimum atomic E-state index is -4.12. The number of esters is 1. The van der Waals surface area contributed by atoms with Gasteiger partial charge in [0.1, 0.15) is 12.7 Å². The summed E-state index contributed by atoms with van der Waals surface area (Å²) in [6.07, 6.45) is 0.870. The maximum Gasteiger partial charge on any atom is 0.380 e. The van der Waals surface area contributed by atoms with Crippen molar-refractivity contribution < 1.29 is 32.9 Å². The zero-order chi connectivity index (χ0) is 16.8. The van der Waals surface area contributed by atoms with Crippen LogP contribution in [0.15, 0.2) is 38.0 Å². The van der Waals surface area contributed by atoms with Gasteiger partial charge >= 0.3 is 11.9 Å². The average molecular weight is 318 g/mol. The predicted octanol–water partition coefficient (Wildman–Crippen LogP) is 1.98. The zero-order valence-corrected chi connectivity index (χ0v) is 12.2. The normalized spacial score (nSPS) is 21.9. The number of carbonyl (C=O) groups excluding carboxylic acids is 1. The Hall–Kier alpha value is -1.57. The van der Waals surface area contributed by atoms with Gasteiger partial charge in [0.25, 0.3) is 0 Å². The van der Waals surface area contributed by atoms with Crippen LogP contribution < -0.4 is 0 Å². The first-order chi connectivity index (χ1) is 10.3. The number of carbonyl (C=O) groups is 1. The molecule has 1 aliphatic heterocycles. The lowest BCUT2D eigenvalue weighted by molar-refractivity contribution is -0.214. The number of halogens is 2. The molecule has 0 amide bonds. The van der Waals surface area contributed by atoms with Crippen LogP contribution in [-0.2, 0) is 19.0 Å². The Bertz CT molecular complexity index is 426. The molecule has 1 N–H and O–H groups in total. The van der Waals surface area contributed by atoms with Gasteiger partial charge in [-0.15, -0.1) is 13.2 Å². The Morgan fingerprint density at radius 1 is 1.36 bits per heavy atom. The van der Waals surface area contributed by atoms with Crippen LogP contribution in [0.2, 0.25) is 0 Å². The molecule has 0 aromatic heterocycles. The molecule has 0 aromatic rings. The third kappa shape index (κ3) is 4.00. The molecule has 2 unspecified atom stereocenters. The fourth-order valence-corrected chi connectivity index (χ4v) is 2.06. The number of hydrogen-bond donors (Lipinski definition) is 1. The van der Waals surface area contributed by atoms with Gasteiger partial charge in [-0.2, -0.15) is 8.78 Å². The quantitative estimate of drug-likeness (QED) is 0.520. The van der Waals surface area contributed by atoms with Crippen molar-refractivity contribution in [3.05, 3.63) is 38.0 Å². The first-order valence-corrected chi connectivity index (χ1v) is 6.70. The molecule has 0 bridgehead atoms. The van der Waals surface area contributed by atoms with E-state index in [0.717, 1.165) is 6.08 Å². The molecular weight excluding hydrogens is 298 g/mol. The molecule has 7 heteroatoms. The molecule has 22 heavy (non-hydrogen) atoms. The number of ether oxygens (including phenoxy) is 3. The van der Waals surface area contributed by atoms with Gasteiger partial charge in [0.05, 0.1) is 6.61 Å². The second-order valence-corrected chi connectivity index (χ2v) is 4.82. The van der Waals surface area contributed by atoms with Gasteiger partial charge in [-0.25, -0.2) is 4.79 Å². The molecule has 0 radical (unpaired) electrons. The van der Waals surface area contributed by atoms with E-state index in [1.807, 2.05) is 0 Å². The molecule has 0 saturated carbocycles. The maximum atomic E-state index is 13.9. The number of aliphatic hydroxyl groups is 1. The summed E-state index contributed by atoms with van der Waals surface area (Å²) in [6, 6.07) is 0. The molecule has 124 valence electrons. The maximum absolute atomic E-state index is 13.9. The highest BCUT2D eigenvalue weighted by Gasteiger charge is 2.55. The molecule has 1 rings (SSSR count). The van der Waals surface area contributed by atoms with Gasteiger partial charge in [-0.05, 0) is 0 Å². The van der Waals surface area contributed by atoms with E-state index in [4.69, 9.17) is 9.47 Å². The first kappa shape index (κ1) is 18.5. The van der Waals surface area contributed by atoms with Crippen LogP contribution in [0.3, 0.4) is 0 Å². The van der Waals surface area contributed by atoms with E-state index in [2.05, 4.69) is 24.5 Å². The predicted molar refractivity (Wildman–Crippen MR) is 75.3 cm³/mol. The topological polar surface area (TPSA) is 65.0 Å². The van der Waals surface area contributed by atoms with Crippen LogP contribution in [0.1, 0.15) is 12.8 Å². The van der Waals surface area contributed by atoms with Crippen molar-refractivity contribution in [2.75, 3.05) is 13.2 Å². The Balaban J connectivity index is 2.79. The Kier molecular flexibility index (Phi) is 6.40. The highest BCUT2D eigenvalue weighted by atomic mass is 19.3. The van der Waals surface area contributed by atoms with Crippen molar-refractivity contribution in [2.24, 2.45) is 0 Å². The smallest absolute Gasteiger partial charge is 0.380 e. The van der Waals surface area contributed by atoms with Crippen LogP contribution in [-0.4, -0.2) is 48.2 Å². The van der Waals surface area contributed by atoms with Crippen molar-refractivity contribution in [3.63, 3.8) is 0 Å². The molecule has 0 spiro atoms. The van der Waals surface area contributed by atoms with E-state index in [9.17, 15) is 18.7 Å². The molecule has 1 heterocycles. The summed E-state index contributed by atoms with van der Waals surface area (Å²) in [5, 5.41) is 9.78. The second-order valence-electron chi connectivity index (χ2n) is 4.82. The van der Waals surface area contributed by atoms with Crippen molar-refractivity contribution in [1.29, 1.82) is 0 Å². The van der Waals surface area contributed by atoms with Gasteiger partial charge < -0.3 is 19.3 Å². The van der Waals surface area contributed by atoms with Crippen molar-refractivity contribution in [2.45, 2.75) is 36.8 Å². The summed E-state index contributed by atoms with van der Waals surface area (Å²) in [7, 11) is 0. The summed E-state index contributed by atoms with van der Waals surface area (Å²) in [5.41, 5.74) is 0. The number of aliphatic hydroxyl groups excluding tert-OH is 1. The minimum Gasteiger partial charge on any atom is -0.457 e. The van der Waals surface area contributed by atoms with E-state index in [1.54, 1.807) is 0 Å². The van der Waals surface area contributed by atoms with Gasteiger partial charge in [-0.1, -0.05) is 24.8 Å². The number of hydrogen-bond acceptors (Lipinski definition) is 5. The second kappa shape index (κ2) is 7.62. The summed E-state index contributed by atoms with van der Waals surface area (Å²) >= 11 is 0. The summed E-state index contributed by atoms with van der Waals surface area (Å²) in [4.78, 5) is 11.3. The monoisotopic (exact) mass is 318 g/mol. The fourth-order valence-electron chi connectivity index (χ4n) is 2.06. The lowest BCUT2D eigenvalue weighted by atomic mass is 10.1. The summed E-state index contributed by atoms with van der Waals surface area (Å²) < 4.78 is 42.8. The van der Waals surface area contributed by atoms with E-state index >= 15 is 0 Å². The fraction of sp³-hybridized carbons (Fsp3) is 0.533. The molecule has 0 aromatic carbocycles. The van der Waals surface area contributed by atoms with Crippen LogP contribution >= 0.6 is 0 Å². The highest BCUT2D eigenvalue weighted by Crippen LogP contribution is 2.36. The largest absolute Gasteiger partial charge is 0.457 e. The third-order valence-electron chi connectivity index (χ3n) is 3.12. The van der Waals surface area contributed by atoms with E-state index in [1.165, 1.54) is 12.2 Å². The zero-order valence-electron chi connectivity index (χ0n) is 12.2. The summed E-state index contributed by atoms with van der Waals surface area (Å²) in [5.74, 6) is -7.15. The van der Waals surface area contributed by atoms with Gasteiger partial charge in [0, 0.05) is 12.8 Å². The molecule has 2 atom stereocenters. The van der Waals surface area contributed by atoms with Gasteiger partial charge in [-0.3, -0.25) is 0 Å². The number of rotatable bonds is 9. The van der Waals surface area contributed by atoms with E-state index in [0.29, 0.717) is 0 Å². The van der Waals surface area contributed by atoms with Gasteiger partial charge in [0.2, 0.25) is 0 Å².